The Morgan fingerprint density at radius 3 is 1.80 bits per heavy atom. The molecular formula is C2H4O2Te. The molecule has 0 aromatic heterocycles. The Bertz CT molecular complexity index is 30.6. The minimum Gasteiger partial charge on any atom is -0.481 e. The van der Waals surface area contributed by atoms with Crippen LogP contribution in [-0.4, -0.2) is 34.7 Å². The van der Waals surface area contributed by atoms with Crippen LogP contribution in [0.25, 0.3) is 0 Å². The van der Waals surface area contributed by atoms with Gasteiger partial charge in [-0.25, -0.2) is 0 Å². The Morgan fingerprint density at radius 1 is 1.80 bits per heavy atom. The van der Waals surface area contributed by atoms with Gasteiger partial charge in [0, 0.05) is 30.6 Å². The van der Waals surface area contributed by atoms with Crippen molar-refractivity contribution < 1.29 is 9.90 Å². The quantitative estimate of drug-likeness (QED) is 0.530. The van der Waals surface area contributed by atoms with Crippen LogP contribution >= 0.6 is 0 Å². The maximum atomic E-state index is 9.00. The third-order valence-electron chi connectivity index (χ3n) is 0. The molecule has 5 heavy (non-hydrogen) atoms. The van der Waals surface area contributed by atoms with Crippen molar-refractivity contribution in [2.45, 2.75) is 6.92 Å². The molecule has 0 saturated carbocycles. The van der Waals surface area contributed by atoms with Crippen LogP contribution in [0, 0.1) is 0 Å². The van der Waals surface area contributed by atoms with E-state index in [9.17, 15) is 0 Å². The molecule has 0 aromatic rings. The van der Waals surface area contributed by atoms with Crippen molar-refractivity contribution in [2.75, 3.05) is 0 Å². The second kappa shape index (κ2) is 4.26. The number of hydrogen-bond acceptors (Lipinski definition) is 1. The van der Waals surface area contributed by atoms with E-state index in [0.717, 1.165) is 6.92 Å². The zero-order valence-corrected chi connectivity index (χ0v) is 5.09. The monoisotopic (exact) mass is 190 g/mol. The summed E-state index contributed by atoms with van der Waals surface area (Å²) in [4.78, 5) is 9.00. The topological polar surface area (TPSA) is 37.3 Å². The van der Waals surface area contributed by atoms with Crippen molar-refractivity contribution in [2.24, 2.45) is 0 Å². The second-order valence-electron chi connectivity index (χ2n) is 0.519. The summed E-state index contributed by atoms with van der Waals surface area (Å²) < 4.78 is 0. The number of aliphatic carboxylic acids is 1. The first-order valence-corrected chi connectivity index (χ1v) is 0.928. The van der Waals surface area contributed by atoms with E-state index in [-0.39, 0.29) is 23.7 Å². The fraction of sp³-hybridized carbons (Fsp3) is 0.500. The van der Waals surface area contributed by atoms with Crippen molar-refractivity contribution in [3.05, 3.63) is 0 Å². The first-order chi connectivity index (χ1) is 1.73. The summed E-state index contributed by atoms with van der Waals surface area (Å²) in [7, 11) is 0. The van der Waals surface area contributed by atoms with Gasteiger partial charge in [0.05, 0.1) is 0 Å². The summed E-state index contributed by atoms with van der Waals surface area (Å²) in [5.74, 6) is -0.833. The third-order valence-corrected chi connectivity index (χ3v) is 0. The molecule has 1 N–H and O–H groups in total. The molecule has 2 radical (unpaired) electrons. The van der Waals surface area contributed by atoms with E-state index in [1.807, 2.05) is 0 Å². The smallest absolute Gasteiger partial charge is 0.300 e. The fourth-order valence-electron chi connectivity index (χ4n) is 0. The van der Waals surface area contributed by atoms with Crippen molar-refractivity contribution in [1.82, 2.24) is 0 Å². The molecule has 0 aliphatic carbocycles. The second-order valence-corrected chi connectivity index (χ2v) is 0.519. The number of carbonyl (C=O) groups is 1. The van der Waals surface area contributed by atoms with Crippen LogP contribution in [-0.2, 0) is 4.79 Å². The first-order valence-electron chi connectivity index (χ1n) is 0.928. The van der Waals surface area contributed by atoms with E-state index < -0.39 is 5.97 Å². The van der Waals surface area contributed by atoms with Crippen LogP contribution in [0.1, 0.15) is 6.92 Å². The summed E-state index contributed by atoms with van der Waals surface area (Å²) in [6.45, 7) is 1.08. The molecule has 0 fully saturated rings. The molecule has 0 aliphatic heterocycles. The van der Waals surface area contributed by atoms with Crippen LogP contribution in [0.5, 0.6) is 0 Å². The maximum Gasteiger partial charge on any atom is 0.300 e. The van der Waals surface area contributed by atoms with Crippen LogP contribution in [0.4, 0.5) is 0 Å². The number of carboxylic acids is 1. The van der Waals surface area contributed by atoms with Crippen molar-refractivity contribution in [1.29, 1.82) is 0 Å². The van der Waals surface area contributed by atoms with Crippen LogP contribution in [0.15, 0.2) is 0 Å². The van der Waals surface area contributed by atoms with E-state index in [1.54, 1.807) is 0 Å². The van der Waals surface area contributed by atoms with E-state index in [1.165, 1.54) is 0 Å². The standard InChI is InChI=1S/C2H4O2.Te/c1-2(3)4;/h1H3,(H,3,4);. The summed E-state index contributed by atoms with van der Waals surface area (Å²) in [6, 6.07) is 0. The molecule has 0 saturated heterocycles. The Labute approximate surface area is 46.9 Å². The summed E-state index contributed by atoms with van der Waals surface area (Å²) in [5.41, 5.74) is 0. The van der Waals surface area contributed by atoms with Gasteiger partial charge in [0.15, 0.2) is 0 Å². The Kier molecular flexibility index (Phi) is 7.65. The van der Waals surface area contributed by atoms with Crippen LogP contribution in [0.3, 0.4) is 0 Å². The average molecular weight is 188 g/mol. The van der Waals surface area contributed by atoms with E-state index in [0.29, 0.717) is 0 Å². The van der Waals surface area contributed by atoms with Gasteiger partial charge in [-0.2, -0.15) is 0 Å². The largest absolute Gasteiger partial charge is 0.481 e. The van der Waals surface area contributed by atoms with Gasteiger partial charge in [-0.05, 0) is 0 Å². The van der Waals surface area contributed by atoms with Crippen molar-refractivity contribution in [3.8, 4) is 0 Å². The van der Waals surface area contributed by atoms with Gasteiger partial charge in [-0.15, -0.1) is 0 Å². The van der Waals surface area contributed by atoms with Gasteiger partial charge in [-0.1, -0.05) is 0 Å². The fourth-order valence-corrected chi connectivity index (χ4v) is 0. The van der Waals surface area contributed by atoms with Crippen LogP contribution < -0.4 is 0 Å². The van der Waals surface area contributed by atoms with Crippen molar-refractivity contribution in [3.63, 3.8) is 0 Å². The molecule has 2 nitrogen and oxygen atoms in total. The van der Waals surface area contributed by atoms with Crippen LogP contribution in [0.2, 0.25) is 0 Å². The molecule has 0 bridgehead atoms. The Morgan fingerprint density at radius 2 is 1.80 bits per heavy atom. The summed E-state index contributed by atoms with van der Waals surface area (Å²) in [5, 5.41) is 7.42. The first kappa shape index (κ1) is 8.98. The number of carboxylic acid groups (broad SMARTS) is 1. The molecule has 0 rings (SSSR count). The molecule has 0 spiro atoms. The zero-order chi connectivity index (χ0) is 3.58. The minimum absolute atomic E-state index is 0. The number of rotatable bonds is 0. The van der Waals surface area contributed by atoms with Gasteiger partial charge in [-0.3, -0.25) is 4.79 Å². The maximum absolute atomic E-state index is 9.00. The molecule has 0 heterocycles. The summed E-state index contributed by atoms with van der Waals surface area (Å²) in [6.07, 6.45) is 0. The molecule has 0 aliphatic rings. The average Bonchev–Trinajstić information content (AvgIpc) is 0.811. The van der Waals surface area contributed by atoms with Gasteiger partial charge in [0.2, 0.25) is 0 Å². The van der Waals surface area contributed by atoms with Gasteiger partial charge in [0.1, 0.15) is 0 Å². The molecular weight excluding hydrogens is 184 g/mol. The molecule has 0 amide bonds. The zero-order valence-electron chi connectivity index (χ0n) is 2.76. The van der Waals surface area contributed by atoms with Gasteiger partial charge in [0.25, 0.3) is 5.97 Å². The Balaban J connectivity index is 0. The molecule has 0 unspecified atom stereocenters. The summed E-state index contributed by atoms with van der Waals surface area (Å²) >= 11 is 0. The molecule has 0 aromatic carbocycles. The molecule has 30 valence electrons. The molecule has 0 atom stereocenters. The van der Waals surface area contributed by atoms with Gasteiger partial charge < -0.3 is 5.11 Å². The van der Waals surface area contributed by atoms with E-state index >= 15 is 0 Å². The predicted molar refractivity (Wildman–Crippen MR) is 19.1 cm³/mol. The number of hydrogen-bond donors (Lipinski definition) is 1. The van der Waals surface area contributed by atoms with Crippen molar-refractivity contribution >= 4 is 29.6 Å². The Hall–Kier alpha value is 0.260. The predicted octanol–water partition coefficient (Wildman–Crippen LogP) is -0.290. The van der Waals surface area contributed by atoms with E-state index in [4.69, 9.17) is 9.90 Å². The third kappa shape index (κ3) is 323. The van der Waals surface area contributed by atoms with E-state index in [2.05, 4.69) is 0 Å². The van der Waals surface area contributed by atoms with Gasteiger partial charge >= 0.3 is 0 Å². The minimum atomic E-state index is -0.833. The molecule has 3 heteroatoms. The normalized spacial score (nSPS) is 5.00. The SMILES string of the molecule is CC(=O)O.[Te].